The van der Waals surface area contributed by atoms with Crippen LogP contribution in [-0.2, 0) is 21.5 Å². The van der Waals surface area contributed by atoms with E-state index in [9.17, 15) is 18.3 Å². The molecule has 2 aliphatic rings. The molecular formula is C26H34N8O6S. The van der Waals surface area contributed by atoms with E-state index in [1.807, 2.05) is 6.07 Å². The molecule has 5 rings (SSSR count). The third-order valence-electron chi connectivity index (χ3n) is 7.15. The van der Waals surface area contributed by atoms with E-state index in [0.29, 0.717) is 28.2 Å². The van der Waals surface area contributed by atoms with Crippen LogP contribution in [0.4, 0.5) is 23.0 Å². The van der Waals surface area contributed by atoms with Gasteiger partial charge in [0.2, 0.25) is 27.8 Å². The van der Waals surface area contributed by atoms with Crippen LogP contribution in [0.1, 0.15) is 0 Å². The zero-order chi connectivity index (χ0) is 29.3. The minimum absolute atomic E-state index is 0.159. The number of piperazine rings is 1. The fraction of sp³-hybridized carbons (Fsp3) is 0.423. The number of carbonyl (C=O) groups excluding carboxylic acids is 1. The first-order valence-electron chi connectivity index (χ1n) is 13.0. The molecule has 1 aromatic carbocycles. The molecule has 220 valence electrons. The van der Waals surface area contributed by atoms with Gasteiger partial charge in [-0.1, -0.05) is 6.58 Å². The summed E-state index contributed by atoms with van der Waals surface area (Å²) in [5.41, 5.74) is 2.29. The number of amides is 1. The molecule has 3 aromatic rings. The van der Waals surface area contributed by atoms with Crippen molar-refractivity contribution in [3.63, 3.8) is 0 Å². The van der Waals surface area contributed by atoms with Crippen LogP contribution >= 0.6 is 0 Å². The van der Waals surface area contributed by atoms with Gasteiger partial charge in [-0.3, -0.25) is 4.79 Å². The van der Waals surface area contributed by atoms with Crippen LogP contribution in [-0.4, -0.2) is 109 Å². The second kappa shape index (κ2) is 11.5. The first-order chi connectivity index (χ1) is 19.6. The van der Waals surface area contributed by atoms with E-state index in [4.69, 9.17) is 9.47 Å². The van der Waals surface area contributed by atoms with E-state index in [2.05, 4.69) is 44.0 Å². The van der Waals surface area contributed by atoms with Gasteiger partial charge in [-0.15, -0.1) is 0 Å². The molecule has 15 heteroatoms. The topological polar surface area (TPSA) is 154 Å². The molecule has 2 aliphatic heterocycles. The molecule has 0 spiro atoms. The molecule has 4 heterocycles. The molecule has 41 heavy (non-hydrogen) atoms. The third kappa shape index (κ3) is 6.07. The highest BCUT2D eigenvalue weighted by molar-refractivity contribution is 7.88. The van der Waals surface area contributed by atoms with Crippen molar-refractivity contribution in [3.8, 4) is 11.6 Å². The average molecular weight is 587 g/mol. The Balaban J connectivity index is 1.50. The highest BCUT2D eigenvalue weighted by atomic mass is 32.2. The fourth-order valence-corrected chi connectivity index (χ4v) is 5.62. The van der Waals surface area contributed by atoms with Crippen LogP contribution in [0, 0.1) is 0 Å². The van der Waals surface area contributed by atoms with E-state index < -0.39 is 10.0 Å². The molecule has 0 atom stereocenters. The number of hydrogen-bond donors (Lipinski definition) is 3. The number of fused-ring (bicyclic) bond motifs is 1. The number of likely N-dealkylation sites (N-methyl/N-ethyl adjacent to an activating group) is 1. The van der Waals surface area contributed by atoms with Gasteiger partial charge in [-0.25, -0.2) is 8.42 Å². The predicted octanol–water partition coefficient (Wildman–Crippen LogP) is 1.03. The molecule has 0 radical (unpaired) electrons. The Labute approximate surface area is 238 Å². The minimum Gasteiger partial charge on any atom is -0.494 e. The lowest BCUT2D eigenvalue weighted by Gasteiger charge is -2.36. The molecule has 14 nitrogen and oxygen atoms in total. The SMILES string of the molecule is C=CC(=O)Nc1cc(Nc2nc(OC3CN(S(C)(=O)=O)C3)c3ccn(CO)c3n2)c(OC)cc1N1CCN(C)CC1. The number of rotatable bonds is 10. The Kier molecular flexibility index (Phi) is 8.04. The van der Waals surface area contributed by atoms with Crippen LogP contribution in [0.5, 0.6) is 11.6 Å². The van der Waals surface area contributed by atoms with Crippen molar-refractivity contribution >= 4 is 50.0 Å². The van der Waals surface area contributed by atoms with Gasteiger partial charge >= 0.3 is 0 Å². The maximum atomic E-state index is 12.3. The van der Waals surface area contributed by atoms with E-state index in [1.165, 1.54) is 14.9 Å². The molecule has 2 saturated heterocycles. The van der Waals surface area contributed by atoms with Crippen LogP contribution < -0.4 is 25.0 Å². The van der Waals surface area contributed by atoms with E-state index >= 15 is 0 Å². The average Bonchev–Trinajstić information content (AvgIpc) is 3.33. The Hall–Kier alpha value is -3.92. The molecule has 0 bridgehead atoms. The zero-order valence-electron chi connectivity index (χ0n) is 23.2. The van der Waals surface area contributed by atoms with Crippen LogP contribution in [0.2, 0.25) is 0 Å². The van der Waals surface area contributed by atoms with Crippen molar-refractivity contribution in [1.29, 1.82) is 0 Å². The maximum absolute atomic E-state index is 12.3. The van der Waals surface area contributed by atoms with E-state index in [1.54, 1.807) is 25.4 Å². The molecule has 0 aliphatic carbocycles. The van der Waals surface area contributed by atoms with Gasteiger partial charge in [0.1, 0.15) is 18.6 Å². The van der Waals surface area contributed by atoms with Gasteiger partial charge in [0.05, 0.1) is 48.9 Å². The van der Waals surface area contributed by atoms with Gasteiger partial charge < -0.3 is 39.6 Å². The smallest absolute Gasteiger partial charge is 0.247 e. The summed E-state index contributed by atoms with van der Waals surface area (Å²) in [5, 5.41) is 16.5. The number of hydrogen-bond acceptors (Lipinski definition) is 11. The van der Waals surface area contributed by atoms with Crippen LogP contribution in [0.25, 0.3) is 11.0 Å². The first-order valence-corrected chi connectivity index (χ1v) is 14.9. The minimum atomic E-state index is -3.30. The lowest BCUT2D eigenvalue weighted by Crippen LogP contribution is -2.55. The van der Waals surface area contributed by atoms with Crippen LogP contribution in [0.3, 0.4) is 0 Å². The number of aliphatic hydroxyl groups is 1. The molecule has 1 amide bonds. The maximum Gasteiger partial charge on any atom is 0.247 e. The number of carbonyl (C=O) groups is 1. The largest absolute Gasteiger partial charge is 0.494 e. The van der Waals surface area contributed by atoms with Crippen molar-refractivity contribution in [3.05, 3.63) is 37.1 Å². The van der Waals surface area contributed by atoms with Crippen molar-refractivity contribution in [2.24, 2.45) is 0 Å². The highest BCUT2D eigenvalue weighted by Crippen LogP contribution is 2.39. The van der Waals surface area contributed by atoms with E-state index in [0.717, 1.165) is 38.1 Å². The number of aliphatic hydroxyl groups excluding tert-OH is 1. The normalized spacial score (nSPS) is 16.8. The van der Waals surface area contributed by atoms with Gasteiger partial charge in [-0.05, 0) is 25.3 Å². The zero-order valence-corrected chi connectivity index (χ0v) is 24.0. The summed E-state index contributed by atoms with van der Waals surface area (Å²) >= 11 is 0. The Morgan fingerprint density at radius 1 is 1.20 bits per heavy atom. The molecule has 0 unspecified atom stereocenters. The summed E-state index contributed by atoms with van der Waals surface area (Å²) in [7, 11) is 0.317. The number of sulfonamides is 1. The second-order valence-corrected chi connectivity index (χ2v) is 12.0. The number of anilines is 4. The number of nitrogens with zero attached hydrogens (tertiary/aromatic N) is 6. The third-order valence-corrected chi connectivity index (χ3v) is 8.39. The summed E-state index contributed by atoms with van der Waals surface area (Å²) in [6, 6.07) is 5.34. The first kappa shape index (κ1) is 28.6. The molecule has 3 N–H and O–H groups in total. The monoisotopic (exact) mass is 586 g/mol. The molecule has 2 fully saturated rings. The number of methoxy groups -OCH3 is 1. The number of benzene rings is 1. The number of ether oxygens (including phenoxy) is 2. The summed E-state index contributed by atoms with van der Waals surface area (Å²) in [5.74, 6) is 0.555. The lowest BCUT2D eigenvalue weighted by atomic mass is 10.1. The molecule has 2 aromatic heterocycles. The van der Waals surface area contributed by atoms with Crippen molar-refractivity contribution in [1.82, 2.24) is 23.7 Å². The quantitative estimate of drug-likeness (QED) is 0.292. The Morgan fingerprint density at radius 2 is 1.93 bits per heavy atom. The van der Waals surface area contributed by atoms with Gasteiger partial charge in [0.15, 0.2) is 5.65 Å². The van der Waals surface area contributed by atoms with E-state index in [-0.39, 0.29) is 43.7 Å². The van der Waals surface area contributed by atoms with Crippen molar-refractivity contribution in [2.45, 2.75) is 12.8 Å². The lowest BCUT2D eigenvalue weighted by molar-refractivity contribution is -0.111. The number of aromatic nitrogens is 3. The Bertz CT molecular complexity index is 1560. The van der Waals surface area contributed by atoms with Gasteiger partial charge in [-0.2, -0.15) is 14.3 Å². The summed E-state index contributed by atoms with van der Waals surface area (Å²) < 4.78 is 38.2. The van der Waals surface area contributed by atoms with Gasteiger partial charge in [0.25, 0.3) is 0 Å². The van der Waals surface area contributed by atoms with Crippen molar-refractivity contribution in [2.75, 3.05) is 75.2 Å². The summed E-state index contributed by atoms with van der Waals surface area (Å²) in [4.78, 5) is 25.9. The second-order valence-electron chi connectivity index (χ2n) is 10.0. The van der Waals surface area contributed by atoms with Crippen LogP contribution in [0.15, 0.2) is 37.1 Å². The number of nitrogens with one attached hydrogen (secondary N) is 2. The molecular weight excluding hydrogens is 552 g/mol. The van der Waals surface area contributed by atoms with Crippen molar-refractivity contribution < 1.29 is 27.8 Å². The summed E-state index contributed by atoms with van der Waals surface area (Å²) in [6.07, 6.45) is 3.64. The fourth-order valence-electron chi connectivity index (χ4n) is 4.75. The predicted molar refractivity (Wildman–Crippen MR) is 155 cm³/mol. The Morgan fingerprint density at radius 3 is 2.56 bits per heavy atom. The standard InChI is InChI=1S/C26H34N8O6S/c1-5-23(36)27-19-12-20(22(39-3)13-21(19)32-10-8-31(2)9-11-32)28-26-29-24-18(6-7-33(24)16-35)25(30-26)40-17-14-34(15-17)41(4,37)38/h5-7,12-13,17,35H,1,8-11,14-16H2,2-4H3,(H,27,36)(H,28,29,30). The highest BCUT2D eigenvalue weighted by Gasteiger charge is 2.35. The molecule has 0 saturated carbocycles. The summed E-state index contributed by atoms with van der Waals surface area (Å²) in [6.45, 7) is 6.98. The van der Waals surface area contributed by atoms with Gasteiger partial charge in [0, 0.05) is 38.4 Å².